The Kier molecular flexibility index (Phi) is 4.57. The molecule has 0 heterocycles. The molecule has 30 heavy (non-hydrogen) atoms. The van der Waals surface area contributed by atoms with Gasteiger partial charge in [0, 0.05) is 11.3 Å². The largest absolute Gasteiger partial charge is 0.485 e. The quantitative estimate of drug-likeness (QED) is 0.573. The van der Waals surface area contributed by atoms with Crippen molar-refractivity contribution in [1.29, 1.82) is 0 Å². The number of fused-ring (bicyclic) bond motifs is 3. The van der Waals surface area contributed by atoms with E-state index in [4.69, 9.17) is 10.5 Å². The van der Waals surface area contributed by atoms with Crippen LogP contribution in [0.4, 0.5) is 0 Å². The molecule has 2 nitrogen and oxygen atoms in total. The molecule has 3 aliphatic carbocycles. The maximum atomic E-state index is 6.89. The summed E-state index contributed by atoms with van der Waals surface area (Å²) in [5, 5.41) is 2.47. The Balaban J connectivity index is 1.31. The lowest BCUT2D eigenvalue weighted by Crippen LogP contribution is -2.47. The maximum absolute atomic E-state index is 6.89. The standard InChI is InChI=1S/C28H31NO/c29-17-18-12-13-22-21(14-18)16-25(22)26-15-20-7-2-4-10-24(20)28(26)30-27-11-5-8-19-6-1-3-9-23(19)27/h1-11,18,21-22,25-26,28H,12-17,29H2/t18?,21?,22-,25?,26+,28-/m1/s1. The Labute approximate surface area is 179 Å². The Morgan fingerprint density at radius 2 is 1.63 bits per heavy atom. The van der Waals surface area contributed by atoms with Gasteiger partial charge in [-0.1, -0.05) is 60.7 Å². The summed E-state index contributed by atoms with van der Waals surface area (Å²) in [5.41, 5.74) is 8.89. The molecule has 6 rings (SSSR count). The average molecular weight is 398 g/mol. The molecule has 0 saturated heterocycles. The predicted molar refractivity (Wildman–Crippen MR) is 122 cm³/mol. The zero-order valence-corrected chi connectivity index (χ0v) is 17.5. The van der Waals surface area contributed by atoms with E-state index in [1.54, 1.807) is 0 Å². The van der Waals surface area contributed by atoms with E-state index in [1.807, 2.05) is 0 Å². The first-order valence-corrected chi connectivity index (χ1v) is 11.7. The van der Waals surface area contributed by atoms with E-state index in [0.717, 1.165) is 36.0 Å². The molecule has 154 valence electrons. The highest BCUT2D eigenvalue weighted by Gasteiger charge is 2.51. The third-order valence-corrected chi connectivity index (χ3v) is 8.37. The number of hydrogen-bond acceptors (Lipinski definition) is 2. The van der Waals surface area contributed by atoms with Crippen molar-refractivity contribution >= 4 is 10.8 Å². The second-order valence-corrected chi connectivity index (χ2v) is 9.82. The molecule has 0 radical (unpaired) electrons. The molecule has 0 bridgehead atoms. The van der Waals surface area contributed by atoms with Crippen molar-refractivity contribution in [3.8, 4) is 5.75 Å². The van der Waals surface area contributed by atoms with Crippen LogP contribution in [-0.4, -0.2) is 6.54 Å². The van der Waals surface area contributed by atoms with Crippen molar-refractivity contribution in [3.63, 3.8) is 0 Å². The van der Waals surface area contributed by atoms with Gasteiger partial charge in [-0.2, -0.15) is 0 Å². The Bertz CT molecular complexity index is 1050. The molecule has 2 saturated carbocycles. The van der Waals surface area contributed by atoms with Crippen LogP contribution >= 0.6 is 0 Å². The van der Waals surface area contributed by atoms with Gasteiger partial charge in [-0.3, -0.25) is 0 Å². The SMILES string of the molecule is NCC1CC[C@@H]2C(C1)CC2[C@@H]1Cc2ccccc2[C@H]1Oc1cccc2ccccc12. The molecule has 3 aromatic carbocycles. The number of ether oxygens (including phenoxy) is 1. The van der Waals surface area contributed by atoms with Crippen molar-refractivity contribution in [2.24, 2.45) is 35.3 Å². The lowest BCUT2D eigenvalue weighted by molar-refractivity contribution is -0.0533. The fraction of sp³-hybridized carbons (Fsp3) is 0.429. The predicted octanol–water partition coefficient (Wildman–Crippen LogP) is 6.14. The summed E-state index contributed by atoms with van der Waals surface area (Å²) in [7, 11) is 0. The normalized spacial score (nSPS) is 32.3. The van der Waals surface area contributed by atoms with Crippen molar-refractivity contribution in [3.05, 3.63) is 77.9 Å². The molecule has 0 amide bonds. The smallest absolute Gasteiger partial charge is 0.128 e. The van der Waals surface area contributed by atoms with Gasteiger partial charge < -0.3 is 10.5 Å². The Hall–Kier alpha value is -2.32. The van der Waals surface area contributed by atoms with Crippen molar-refractivity contribution in [1.82, 2.24) is 0 Å². The van der Waals surface area contributed by atoms with Gasteiger partial charge in [0.25, 0.3) is 0 Å². The summed E-state index contributed by atoms with van der Waals surface area (Å²) in [6, 6.07) is 24.0. The fourth-order valence-electron chi connectivity index (χ4n) is 6.81. The maximum Gasteiger partial charge on any atom is 0.128 e. The lowest BCUT2D eigenvalue weighted by atomic mass is 9.53. The van der Waals surface area contributed by atoms with Crippen LogP contribution in [0, 0.1) is 29.6 Å². The van der Waals surface area contributed by atoms with E-state index >= 15 is 0 Å². The van der Waals surface area contributed by atoms with Crippen LogP contribution in [0.2, 0.25) is 0 Å². The highest BCUT2D eigenvalue weighted by Crippen LogP contribution is 2.58. The lowest BCUT2D eigenvalue weighted by Gasteiger charge is -2.53. The zero-order chi connectivity index (χ0) is 20.1. The molecule has 0 aliphatic heterocycles. The number of rotatable bonds is 4. The summed E-state index contributed by atoms with van der Waals surface area (Å²) in [5.74, 6) is 4.96. The highest BCUT2D eigenvalue weighted by atomic mass is 16.5. The molecular formula is C28H31NO. The number of hydrogen-bond donors (Lipinski definition) is 1. The summed E-state index contributed by atoms with van der Waals surface area (Å²) in [6.45, 7) is 0.871. The Morgan fingerprint density at radius 3 is 2.53 bits per heavy atom. The van der Waals surface area contributed by atoms with Crippen molar-refractivity contribution in [2.75, 3.05) is 6.54 Å². The number of nitrogens with two attached hydrogens (primary N) is 1. The van der Waals surface area contributed by atoms with Crippen molar-refractivity contribution < 1.29 is 4.74 Å². The van der Waals surface area contributed by atoms with E-state index < -0.39 is 0 Å². The van der Waals surface area contributed by atoms with Gasteiger partial charge in [0.1, 0.15) is 11.9 Å². The van der Waals surface area contributed by atoms with Gasteiger partial charge in [-0.05, 0) is 84.9 Å². The molecule has 2 fully saturated rings. The monoisotopic (exact) mass is 397 g/mol. The van der Waals surface area contributed by atoms with Crippen LogP contribution in [0.15, 0.2) is 66.7 Å². The molecule has 0 aromatic heterocycles. The van der Waals surface area contributed by atoms with E-state index in [9.17, 15) is 0 Å². The van der Waals surface area contributed by atoms with E-state index in [0.29, 0.717) is 5.92 Å². The van der Waals surface area contributed by atoms with Crippen LogP contribution in [0.5, 0.6) is 5.75 Å². The molecular weight excluding hydrogens is 366 g/mol. The first-order chi connectivity index (χ1) is 14.8. The van der Waals surface area contributed by atoms with Gasteiger partial charge in [0.05, 0.1) is 0 Å². The third kappa shape index (κ3) is 2.96. The van der Waals surface area contributed by atoms with E-state index in [2.05, 4.69) is 66.7 Å². The van der Waals surface area contributed by atoms with E-state index in [-0.39, 0.29) is 6.10 Å². The molecule has 0 spiro atoms. The van der Waals surface area contributed by atoms with Gasteiger partial charge in [-0.25, -0.2) is 0 Å². The minimum Gasteiger partial charge on any atom is -0.485 e. The molecule has 3 aliphatic rings. The van der Waals surface area contributed by atoms with Crippen LogP contribution in [-0.2, 0) is 6.42 Å². The molecule has 3 unspecified atom stereocenters. The van der Waals surface area contributed by atoms with Gasteiger partial charge in [0.2, 0.25) is 0 Å². The van der Waals surface area contributed by atoms with Crippen LogP contribution in [0.25, 0.3) is 10.8 Å². The van der Waals surface area contributed by atoms with Gasteiger partial charge in [0.15, 0.2) is 0 Å². The second kappa shape index (κ2) is 7.42. The summed E-state index contributed by atoms with van der Waals surface area (Å²) < 4.78 is 6.89. The van der Waals surface area contributed by atoms with Crippen LogP contribution < -0.4 is 10.5 Å². The van der Waals surface area contributed by atoms with Crippen molar-refractivity contribution in [2.45, 2.75) is 38.2 Å². The summed E-state index contributed by atoms with van der Waals surface area (Å²) in [4.78, 5) is 0. The second-order valence-electron chi connectivity index (χ2n) is 9.82. The Morgan fingerprint density at radius 1 is 0.800 bits per heavy atom. The van der Waals surface area contributed by atoms with Crippen LogP contribution in [0.1, 0.15) is 42.9 Å². The minimum absolute atomic E-state index is 0.171. The number of benzene rings is 3. The zero-order valence-electron chi connectivity index (χ0n) is 17.5. The summed E-state index contributed by atoms with van der Waals surface area (Å²) >= 11 is 0. The first kappa shape index (κ1) is 18.4. The molecule has 2 N–H and O–H groups in total. The molecule has 6 atom stereocenters. The van der Waals surface area contributed by atoms with E-state index in [1.165, 1.54) is 54.0 Å². The topological polar surface area (TPSA) is 35.2 Å². The molecule has 3 aromatic rings. The van der Waals surface area contributed by atoms with Crippen LogP contribution in [0.3, 0.4) is 0 Å². The first-order valence-electron chi connectivity index (χ1n) is 11.7. The molecule has 2 heteroatoms. The highest BCUT2D eigenvalue weighted by molar-refractivity contribution is 5.88. The minimum atomic E-state index is 0.171. The fourth-order valence-corrected chi connectivity index (χ4v) is 6.81. The average Bonchev–Trinajstić information content (AvgIpc) is 3.12. The van der Waals surface area contributed by atoms with Gasteiger partial charge in [-0.15, -0.1) is 0 Å². The summed E-state index contributed by atoms with van der Waals surface area (Å²) in [6.07, 6.45) is 6.75. The van der Waals surface area contributed by atoms with Gasteiger partial charge >= 0.3 is 0 Å². The third-order valence-electron chi connectivity index (χ3n) is 8.37.